The van der Waals surface area contributed by atoms with Crippen LogP contribution in [0.3, 0.4) is 0 Å². The van der Waals surface area contributed by atoms with Gasteiger partial charge in [-0.2, -0.15) is 0 Å². The van der Waals surface area contributed by atoms with Crippen molar-refractivity contribution in [2.24, 2.45) is 0 Å². The number of amides is 1. The lowest BCUT2D eigenvalue weighted by molar-refractivity contribution is 0.102. The Balaban J connectivity index is 2.21. The number of nitrogen functional groups attached to an aromatic ring is 1. The number of nitrogens with two attached hydrogens (primary N) is 1. The minimum Gasteiger partial charge on any atom is -0.493 e. The first-order valence-electron chi connectivity index (χ1n) is 6.13. The third-order valence-electron chi connectivity index (χ3n) is 2.90. The van der Waals surface area contributed by atoms with Crippen molar-refractivity contribution in [2.75, 3.05) is 25.3 Å². The molecule has 0 atom stereocenters. The van der Waals surface area contributed by atoms with Crippen LogP contribution in [0.2, 0.25) is 0 Å². The zero-order chi connectivity index (χ0) is 15.4. The van der Waals surface area contributed by atoms with E-state index in [2.05, 4.69) is 21.2 Å². The predicted octanol–water partition coefficient (Wildman–Crippen LogP) is 3.30. The molecule has 0 saturated carbocycles. The summed E-state index contributed by atoms with van der Waals surface area (Å²) in [6, 6.07) is 10.2. The molecule has 0 aliphatic heterocycles. The predicted molar refractivity (Wildman–Crippen MR) is 86.1 cm³/mol. The van der Waals surface area contributed by atoms with Crippen molar-refractivity contribution in [3.05, 3.63) is 46.4 Å². The van der Waals surface area contributed by atoms with E-state index in [0.29, 0.717) is 32.9 Å². The van der Waals surface area contributed by atoms with Gasteiger partial charge >= 0.3 is 0 Å². The molecule has 0 saturated heterocycles. The van der Waals surface area contributed by atoms with Gasteiger partial charge in [-0.3, -0.25) is 4.79 Å². The molecule has 110 valence electrons. The Kier molecular flexibility index (Phi) is 4.70. The Bertz CT molecular complexity index is 674. The van der Waals surface area contributed by atoms with Crippen molar-refractivity contribution in [3.63, 3.8) is 0 Å². The summed E-state index contributed by atoms with van der Waals surface area (Å²) in [7, 11) is 3.10. The Morgan fingerprint density at radius 2 is 1.81 bits per heavy atom. The fourth-order valence-electron chi connectivity index (χ4n) is 1.79. The molecule has 0 radical (unpaired) electrons. The van der Waals surface area contributed by atoms with Crippen LogP contribution in [0.15, 0.2) is 40.9 Å². The average Bonchev–Trinajstić information content (AvgIpc) is 2.49. The van der Waals surface area contributed by atoms with Gasteiger partial charge in [-0.05, 0) is 46.3 Å². The SMILES string of the molecule is COc1ccc(NC(=O)c2ccc(N)c(Br)c2)cc1OC. The summed E-state index contributed by atoms with van der Waals surface area (Å²) >= 11 is 3.30. The molecule has 0 aromatic heterocycles. The van der Waals surface area contributed by atoms with Crippen molar-refractivity contribution in [1.29, 1.82) is 0 Å². The molecule has 2 rings (SSSR count). The molecule has 0 fully saturated rings. The van der Waals surface area contributed by atoms with Gasteiger partial charge in [-0.15, -0.1) is 0 Å². The highest BCUT2D eigenvalue weighted by Gasteiger charge is 2.10. The number of carbonyl (C=O) groups excluding carboxylic acids is 1. The summed E-state index contributed by atoms with van der Waals surface area (Å²) < 4.78 is 11.0. The Labute approximate surface area is 131 Å². The lowest BCUT2D eigenvalue weighted by atomic mass is 10.2. The van der Waals surface area contributed by atoms with E-state index in [-0.39, 0.29) is 5.91 Å². The highest BCUT2D eigenvalue weighted by molar-refractivity contribution is 9.10. The summed E-state index contributed by atoms with van der Waals surface area (Å²) in [5.74, 6) is 0.919. The number of nitrogens with one attached hydrogen (secondary N) is 1. The molecule has 0 heterocycles. The van der Waals surface area contributed by atoms with Gasteiger partial charge in [0, 0.05) is 27.5 Å². The summed E-state index contributed by atoms with van der Waals surface area (Å²) in [5, 5.41) is 2.79. The fraction of sp³-hybridized carbons (Fsp3) is 0.133. The quantitative estimate of drug-likeness (QED) is 0.829. The molecule has 0 unspecified atom stereocenters. The number of benzene rings is 2. The van der Waals surface area contributed by atoms with Crippen LogP contribution >= 0.6 is 15.9 Å². The maximum Gasteiger partial charge on any atom is 0.255 e. The number of rotatable bonds is 4. The summed E-state index contributed by atoms with van der Waals surface area (Å²) in [6.07, 6.45) is 0. The number of hydrogen-bond donors (Lipinski definition) is 2. The second-order valence-corrected chi connectivity index (χ2v) is 5.11. The molecule has 21 heavy (non-hydrogen) atoms. The minimum absolute atomic E-state index is 0.233. The standard InChI is InChI=1S/C15H15BrN2O3/c1-20-13-6-4-10(8-14(13)21-2)18-15(19)9-3-5-12(17)11(16)7-9/h3-8H,17H2,1-2H3,(H,18,19). The number of anilines is 2. The molecule has 2 aromatic rings. The number of hydrogen-bond acceptors (Lipinski definition) is 4. The maximum absolute atomic E-state index is 12.2. The van der Waals surface area contributed by atoms with Crippen LogP contribution in [0.25, 0.3) is 0 Å². The first-order valence-corrected chi connectivity index (χ1v) is 6.93. The van der Waals surface area contributed by atoms with E-state index < -0.39 is 0 Å². The largest absolute Gasteiger partial charge is 0.493 e. The van der Waals surface area contributed by atoms with E-state index in [1.807, 2.05) is 0 Å². The molecule has 0 bridgehead atoms. The average molecular weight is 351 g/mol. The zero-order valence-electron chi connectivity index (χ0n) is 11.6. The van der Waals surface area contributed by atoms with Gasteiger partial charge < -0.3 is 20.5 Å². The first kappa shape index (κ1) is 15.2. The van der Waals surface area contributed by atoms with Crippen molar-refractivity contribution in [2.45, 2.75) is 0 Å². The molecule has 0 aliphatic rings. The Morgan fingerprint density at radius 3 is 2.43 bits per heavy atom. The molecule has 3 N–H and O–H groups in total. The molecule has 6 heteroatoms. The number of halogens is 1. The van der Waals surface area contributed by atoms with Gasteiger partial charge in [0.05, 0.1) is 14.2 Å². The van der Waals surface area contributed by atoms with Gasteiger partial charge in [-0.25, -0.2) is 0 Å². The third kappa shape index (κ3) is 3.46. The van der Waals surface area contributed by atoms with E-state index in [9.17, 15) is 4.79 Å². The zero-order valence-corrected chi connectivity index (χ0v) is 13.2. The van der Waals surface area contributed by atoms with Gasteiger partial charge in [0.2, 0.25) is 0 Å². The number of ether oxygens (including phenoxy) is 2. The van der Waals surface area contributed by atoms with Crippen LogP contribution in [0.5, 0.6) is 11.5 Å². The van der Waals surface area contributed by atoms with Crippen LogP contribution in [-0.4, -0.2) is 20.1 Å². The van der Waals surface area contributed by atoms with E-state index in [0.717, 1.165) is 0 Å². The van der Waals surface area contributed by atoms with Crippen LogP contribution in [0.4, 0.5) is 11.4 Å². The van der Waals surface area contributed by atoms with Gasteiger partial charge in [0.15, 0.2) is 11.5 Å². The molecule has 2 aromatic carbocycles. The lowest BCUT2D eigenvalue weighted by Crippen LogP contribution is -2.12. The fourth-order valence-corrected chi connectivity index (χ4v) is 2.16. The van der Waals surface area contributed by atoms with Crippen molar-refractivity contribution in [3.8, 4) is 11.5 Å². The van der Waals surface area contributed by atoms with Crippen LogP contribution in [0.1, 0.15) is 10.4 Å². The molecule has 0 spiro atoms. The van der Waals surface area contributed by atoms with Gasteiger partial charge in [-0.1, -0.05) is 0 Å². The summed E-state index contributed by atoms with van der Waals surface area (Å²) in [5.41, 5.74) is 7.41. The van der Waals surface area contributed by atoms with Gasteiger partial charge in [0.1, 0.15) is 0 Å². The van der Waals surface area contributed by atoms with Gasteiger partial charge in [0.25, 0.3) is 5.91 Å². The van der Waals surface area contributed by atoms with Crippen LogP contribution in [-0.2, 0) is 0 Å². The Morgan fingerprint density at radius 1 is 1.10 bits per heavy atom. The topological polar surface area (TPSA) is 73.6 Å². The Hall–Kier alpha value is -2.21. The minimum atomic E-state index is -0.233. The van der Waals surface area contributed by atoms with Crippen LogP contribution < -0.4 is 20.5 Å². The second-order valence-electron chi connectivity index (χ2n) is 4.26. The van der Waals surface area contributed by atoms with Crippen molar-refractivity contribution < 1.29 is 14.3 Å². The molecular weight excluding hydrogens is 336 g/mol. The maximum atomic E-state index is 12.2. The highest BCUT2D eigenvalue weighted by atomic mass is 79.9. The smallest absolute Gasteiger partial charge is 0.255 e. The molecule has 5 nitrogen and oxygen atoms in total. The molecule has 1 amide bonds. The molecular formula is C15H15BrN2O3. The van der Waals surface area contributed by atoms with E-state index in [4.69, 9.17) is 15.2 Å². The summed E-state index contributed by atoms with van der Waals surface area (Å²) in [4.78, 5) is 12.2. The van der Waals surface area contributed by atoms with E-state index >= 15 is 0 Å². The van der Waals surface area contributed by atoms with E-state index in [1.165, 1.54) is 0 Å². The number of carbonyl (C=O) groups is 1. The number of methoxy groups -OCH3 is 2. The summed E-state index contributed by atoms with van der Waals surface area (Å²) in [6.45, 7) is 0. The molecule has 0 aliphatic carbocycles. The lowest BCUT2D eigenvalue weighted by Gasteiger charge is -2.11. The van der Waals surface area contributed by atoms with Crippen LogP contribution in [0, 0.1) is 0 Å². The monoisotopic (exact) mass is 350 g/mol. The third-order valence-corrected chi connectivity index (χ3v) is 3.59. The highest BCUT2D eigenvalue weighted by Crippen LogP contribution is 2.30. The normalized spacial score (nSPS) is 10.0. The van der Waals surface area contributed by atoms with Crippen molar-refractivity contribution >= 4 is 33.2 Å². The second kappa shape index (κ2) is 6.49. The van der Waals surface area contributed by atoms with E-state index in [1.54, 1.807) is 50.6 Å². The first-order chi connectivity index (χ1) is 10.0. The van der Waals surface area contributed by atoms with Crippen molar-refractivity contribution in [1.82, 2.24) is 0 Å².